The zero-order valence-electron chi connectivity index (χ0n) is 18.3. The highest BCUT2D eigenvalue weighted by Gasteiger charge is 2.49. The second-order valence-corrected chi connectivity index (χ2v) is 8.65. The zero-order valence-corrected chi connectivity index (χ0v) is 18.3. The van der Waals surface area contributed by atoms with Gasteiger partial charge < -0.3 is 14.2 Å². The number of rotatable bonds is 7. The lowest BCUT2D eigenvalue weighted by atomic mass is 9.95. The largest absolute Gasteiger partial charge is 0.461 e. The van der Waals surface area contributed by atoms with Crippen molar-refractivity contribution in [3.8, 4) is 23.3 Å². The molecule has 3 aromatic rings. The van der Waals surface area contributed by atoms with Crippen molar-refractivity contribution < 1.29 is 13.7 Å². The number of nitriles is 1. The van der Waals surface area contributed by atoms with Gasteiger partial charge in [-0.25, -0.2) is 9.37 Å². The molecule has 2 saturated heterocycles. The average molecular weight is 449 g/mol. The van der Waals surface area contributed by atoms with Crippen LogP contribution < -0.4 is 9.64 Å². The second kappa shape index (κ2) is 8.75. The zero-order chi connectivity index (χ0) is 22.8. The molecule has 33 heavy (non-hydrogen) atoms. The molecule has 0 spiro atoms. The van der Waals surface area contributed by atoms with Crippen LogP contribution in [0.25, 0.3) is 11.3 Å². The van der Waals surface area contributed by atoms with Gasteiger partial charge in [0.25, 0.3) is 0 Å². The lowest BCUT2D eigenvalue weighted by Crippen LogP contribution is -2.43. The van der Waals surface area contributed by atoms with Crippen molar-refractivity contribution in [1.29, 1.82) is 5.26 Å². The van der Waals surface area contributed by atoms with E-state index < -0.39 is 6.17 Å². The van der Waals surface area contributed by atoms with Crippen LogP contribution in [0.5, 0.6) is 6.01 Å². The normalized spacial score (nSPS) is 22.2. The molecule has 2 atom stereocenters. The van der Waals surface area contributed by atoms with E-state index >= 15 is 0 Å². The van der Waals surface area contributed by atoms with E-state index in [1.54, 1.807) is 18.7 Å². The van der Waals surface area contributed by atoms with E-state index in [2.05, 4.69) is 31.1 Å². The molecule has 0 unspecified atom stereocenters. The van der Waals surface area contributed by atoms with Crippen LogP contribution >= 0.6 is 0 Å². The summed E-state index contributed by atoms with van der Waals surface area (Å²) in [6.45, 7) is 2.14. The molecule has 0 aliphatic carbocycles. The Morgan fingerprint density at radius 3 is 3.12 bits per heavy atom. The maximum Gasteiger partial charge on any atom is 0.318 e. The van der Waals surface area contributed by atoms with Gasteiger partial charge in [0.15, 0.2) is 5.82 Å². The fourth-order valence-corrected chi connectivity index (χ4v) is 4.92. The Kier molecular flexibility index (Phi) is 5.64. The highest BCUT2D eigenvalue weighted by Crippen LogP contribution is 2.40. The quantitative estimate of drug-likeness (QED) is 0.538. The van der Waals surface area contributed by atoms with Crippen molar-refractivity contribution in [3.05, 3.63) is 48.1 Å². The number of ether oxygens (including phenoxy) is 1. The molecule has 0 bridgehead atoms. The van der Waals surface area contributed by atoms with Gasteiger partial charge in [-0.15, -0.1) is 0 Å². The van der Waals surface area contributed by atoms with Crippen molar-refractivity contribution in [1.82, 2.24) is 25.0 Å². The summed E-state index contributed by atoms with van der Waals surface area (Å²) in [5.74, 6) is 0.457. The molecule has 5 rings (SSSR count). The van der Waals surface area contributed by atoms with Gasteiger partial charge in [0.2, 0.25) is 0 Å². The van der Waals surface area contributed by atoms with Gasteiger partial charge in [-0.05, 0) is 31.0 Å². The standard InChI is InChI=1S/C23H24FN7O2/c1-30(12-16-4-2-6-26-20(16)18-11-28-33-14-18)21-17(9-25)10-27-22(29-21)32-15-23-5-3-7-31(23)13-19(24)8-23/h2,4,6,10-11,14,19H,3,5,7-8,12-13,15H2,1H3/t19-,23+/m1/s1. The number of pyridine rings is 1. The van der Waals surface area contributed by atoms with E-state index in [9.17, 15) is 9.65 Å². The van der Waals surface area contributed by atoms with Crippen LogP contribution in [0.15, 0.2) is 41.5 Å². The third kappa shape index (κ3) is 4.12. The van der Waals surface area contributed by atoms with E-state index in [-0.39, 0.29) is 11.5 Å². The highest BCUT2D eigenvalue weighted by atomic mass is 19.1. The first kappa shape index (κ1) is 21.3. The van der Waals surface area contributed by atoms with E-state index in [1.807, 2.05) is 24.1 Å². The van der Waals surface area contributed by atoms with Gasteiger partial charge in [0.1, 0.15) is 30.7 Å². The van der Waals surface area contributed by atoms with Crippen LogP contribution in [0.2, 0.25) is 0 Å². The molecule has 2 aliphatic heterocycles. The Bertz CT molecular complexity index is 1170. The molecule has 0 N–H and O–H groups in total. The first-order valence-corrected chi connectivity index (χ1v) is 10.9. The number of alkyl halides is 1. The smallest absolute Gasteiger partial charge is 0.318 e. The summed E-state index contributed by atoms with van der Waals surface area (Å²) in [5.41, 5.74) is 2.50. The van der Waals surface area contributed by atoms with Crippen LogP contribution in [0.4, 0.5) is 10.2 Å². The SMILES string of the molecule is CN(Cc1cccnc1-c1cnoc1)c1nc(OC[C@@]23CCCN2C[C@H](F)C3)ncc1C#N. The van der Waals surface area contributed by atoms with Gasteiger partial charge in [0.05, 0.1) is 29.2 Å². The number of halogens is 1. The molecule has 0 aromatic carbocycles. The fourth-order valence-electron chi connectivity index (χ4n) is 4.92. The van der Waals surface area contributed by atoms with Crippen molar-refractivity contribution in [2.75, 3.05) is 31.6 Å². The Labute approximate surface area is 190 Å². The van der Waals surface area contributed by atoms with Crippen LogP contribution in [0.1, 0.15) is 30.4 Å². The van der Waals surface area contributed by atoms with Gasteiger partial charge >= 0.3 is 6.01 Å². The van der Waals surface area contributed by atoms with Crippen molar-refractivity contribution in [3.63, 3.8) is 0 Å². The molecule has 10 heteroatoms. The minimum absolute atomic E-state index is 0.185. The molecule has 0 saturated carbocycles. The maximum atomic E-state index is 14.0. The summed E-state index contributed by atoms with van der Waals surface area (Å²) in [6.07, 6.45) is 7.93. The first-order valence-electron chi connectivity index (χ1n) is 10.9. The molecule has 170 valence electrons. The van der Waals surface area contributed by atoms with Gasteiger partial charge in [-0.1, -0.05) is 11.2 Å². The molecular weight excluding hydrogens is 425 g/mol. The van der Waals surface area contributed by atoms with Gasteiger partial charge in [0, 0.05) is 32.8 Å². The van der Waals surface area contributed by atoms with Crippen LogP contribution in [0.3, 0.4) is 0 Å². The molecule has 3 aromatic heterocycles. The van der Waals surface area contributed by atoms with E-state index in [0.29, 0.717) is 37.5 Å². The number of nitrogens with zero attached hydrogens (tertiary/aromatic N) is 7. The summed E-state index contributed by atoms with van der Waals surface area (Å²) >= 11 is 0. The Morgan fingerprint density at radius 1 is 1.39 bits per heavy atom. The van der Waals surface area contributed by atoms with E-state index in [1.165, 1.54) is 6.20 Å². The predicted molar refractivity (Wildman–Crippen MR) is 117 cm³/mol. The molecule has 2 aliphatic rings. The lowest BCUT2D eigenvalue weighted by molar-refractivity contribution is 0.107. The van der Waals surface area contributed by atoms with E-state index in [0.717, 1.165) is 36.2 Å². The van der Waals surface area contributed by atoms with Crippen molar-refractivity contribution >= 4 is 5.82 Å². The number of aromatic nitrogens is 4. The van der Waals surface area contributed by atoms with Crippen LogP contribution in [-0.2, 0) is 6.54 Å². The van der Waals surface area contributed by atoms with Crippen LogP contribution in [0, 0.1) is 11.3 Å². The van der Waals surface area contributed by atoms with Gasteiger partial charge in [-0.2, -0.15) is 10.2 Å². The molecule has 9 nitrogen and oxygen atoms in total. The fraction of sp³-hybridized carbons (Fsp3) is 0.435. The minimum atomic E-state index is -0.823. The Morgan fingerprint density at radius 2 is 2.30 bits per heavy atom. The number of anilines is 1. The summed E-state index contributed by atoms with van der Waals surface area (Å²) in [7, 11) is 1.85. The highest BCUT2D eigenvalue weighted by molar-refractivity contribution is 5.62. The lowest BCUT2D eigenvalue weighted by Gasteiger charge is -2.30. The van der Waals surface area contributed by atoms with E-state index in [4.69, 9.17) is 9.26 Å². The second-order valence-electron chi connectivity index (χ2n) is 8.65. The summed E-state index contributed by atoms with van der Waals surface area (Å²) in [4.78, 5) is 17.2. The number of hydrogen-bond donors (Lipinski definition) is 0. The van der Waals surface area contributed by atoms with Crippen molar-refractivity contribution in [2.45, 2.75) is 37.5 Å². The summed E-state index contributed by atoms with van der Waals surface area (Å²) in [5, 5.41) is 13.4. The summed E-state index contributed by atoms with van der Waals surface area (Å²) in [6, 6.07) is 6.14. The Balaban J connectivity index is 1.36. The molecule has 5 heterocycles. The molecule has 2 fully saturated rings. The summed E-state index contributed by atoms with van der Waals surface area (Å²) < 4.78 is 25.0. The monoisotopic (exact) mass is 449 g/mol. The van der Waals surface area contributed by atoms with Gasteiger partial charge in [-0.3, -0.25) is 9.88 Å². The topological polar surface area (TPSA) is 104 Å². The maximum absolute atomic E-state index is 14.0. The third-order valence-electron chi connectivity index (χ3n) is 6.46. The number of fused-ring (bicyclic) bond motifs is 1. The predicted octanol–water partition coefficient (Wildman–Crippen LogP) is 2.99. The number of hydrogen-bond acceptors (Lipinski definition) is 9. The molecule has 0 amide bonds. The molecule has 0 radical (unpaired) electrons. The van der Waals surface area contributed by atoms with Crippen LogP contribution in [-0.4, -0.2) is 63.5 Å². The third-order valence-corrected chi connectivity index (χ3v) is 6.46. The Hall–Kier alpha value is -3.58. The first-order chi connectivity index (χ1) is 16.1. The van der Waals surface area contributed by atoms with Crippen molar-refractivity contribution in [2.24, 2.45) is 0 Å². The molecular formula is C23H24FN7O2. The minimum Gasteiger partial charge on any atom is -0.461 e. The average Bonchev–Trinajstić information content (AvgIpc) is 3.54.